The lowest BCUT2D eigenvalue weighted by molar-refractivity contribution is 0.133. The molecule has 5 nitrogen and oxygen atoms in total. The topological polar surface area (TPSA) is 66.0 Å². The maximum absolute atomic E-state index is 9.26. The number of benzene rings is 1. The van der Waals surface area contributed by atoms with Crippen LogP contribution >= 0.6 is 0 Å². The number of likely N-dealkylation sites (tertiary alicyclic amines) is 1. The van der Waals surface area contributed by atoms with Crippen LogP contribution in [-0.4, -0.2) is 28.1 Å². The first-order chi connectivity index (χ1) is 10.2. The Balaban J connectivity index is 1.69. The molecule has 1 fully saturated rings. The summed E-state index contributed by atoms with van der Waals surface area (Å²) in [5, 5.41) is 13.3. The van der Waals surface area contributed by atoms with Gasteiger partial charge in [-0.15, -0.1) is 0 Å². The summed E-state index contributed by atoms with van der Waals surface area (Å²) in [6.45, 7) is 4.39. The molecule has 0 saturated carbocycles. The van der Waals surface area contributed by atoms with Crippen molar-refractivity contribution in [2.45, 2.75) is 26.3 Å². The second kappa shape index (κ2) is 5.66. The lowest BCUT2D eigenvalue weighted by Crippen LogP contribution is -2.40. The van der Waals surface area contributed by atoms with Gasteiger partial charge in [-0.2, -0.15) is 10.2 Å². The Labute approximate surface area is 124 Å². The van der Waals surface area contributed by atoms with Crippen molar-refractivity contribution in [3.05, 3.63) is 36.2 Å². The third-order valence-corrected chi connectivity index (χ3v) is 3.90. The van der Waals surface area contributed by atoms with Crippen LogP contribution in [0.1, 0.15) is 25.6 Å². The Morgan fingerprint density at radius 3 is 2.95 bits per heavy atom. The summed E-state index contributed by atoms with van der Waals surface area (Å²) in [6, 6.07) is 12.2. The lowest BCUT2D eigenvalue weighted by atomic mass is 9.83. The summed E-state index contributed by atoms with van der Waals surface area (Å²) in [5.74, 6) is 1.22. The number of piperidine rings is 1. The Morgan fingerprint density at radius 1 is 1.38 bits per heavy atom. The largest absolute Gasteiger partial charge is 0.334 e. The molecule has 2 heterocycles. The molecule has 108 valence electrons. The van der Waals surface area contributed by atoms with Gasteiger partial charge in [-0.1, -0.05) is 23.4 Å². The summed E-state index contributed by atoms with van der Waals surface area (Å²) in [6.07, 6.45) is 2.00. The van der Waals surface area contributed by atoms with Crippen LogP contribution in [0.15, 0.2) is 34.9 Å². The highest BCUT2D eigenvalue weighted by atomic mass is 16.5. The summed E-state index contributed by atoms with van der Waals surface area (Å²) >= 11 is 0. The second-order valence-electron chi connectivity index (χ2n) is 5.87. The van der Waals surface area contributed by atoms with Gasteiger partial charge in [0.25, 0.3) is 5.89 Å². The van der Waals surface area contributed by atoms with Crippen molar-refractivity contribution in [3.63, 3.8) is 0 Å². The molecule has 1 aliphatic rings. The van der Waals surface area contributed by atoms with E-state index >= 15 is 0 Å². The van der Waals surface area contributed by atoms with Crippen LogP contribution in [0, 0.1) is 16.7 Å². The van der Waals surface area contributed by atoms with E-state index < -0.39 is 0 Å². The Kier molecular flexibility index (Phi) is 3.72. The van der Waals surface area contributed by atoms with Crippen molar-refractivity contribution >= 4 is 0 Å². The summed E-state index contributed by atoms with van der Waals surface area (Å²) in [5.41, 5.74) is 0.668. The van der Waals surface area contributed by atoms with Crippen molar-refractivity contribution in [1.29, 1.82) is 5.26 Å². The van der Waals surface area contributed by atoms with Gasteiger partial charge >= 0.3 is 0 Å². The minimum absolute atomic E-state index is 0.260. The van der Waals surface area contributed by atoms with Crippen LogP contribution in [0.25, 0.3) is 11.5 Å². The Morgan fingerprint density at radius 2 is 2.19 bits per heavy atom. The van der Waals surface area contributed by atoms with Gasteiger partial charge in [0.15, 0.2) is 5.82 Å². The van der Waals surface area contributed by atoms with Crippen LogP contribution in [-0.2, 0) is 6.54 Å². The predicted octanol–water partition coefficient (Wildman–Crippen LogP) is 2.86. The van der Waals surface area contributed by atoms with Crippen LogP contribution in [0.5, 0.6) is 0 Å². The lowest BCUT2D eigenvalue weighted by Gasteiger charge is -2.35. The first-order valence-electron chi connectivity index (χ1n) is 7.20. The van der Waals surface area contributed by atoms with E-state index in [2.05, 4.69) is 21.1 Å². The molecule has 21 heavy (non-hydrogen) atoms. The molecular formula is C16H18N4O. The average Bonchev–Trinajstić information content (AvgIpc) is 2.97. The first-order valence-corrected chi connectivity index (χ1v) is 7.20. The van der Waals surface area contributed by atoms with Crippen molar-refractivity contribution in [2.24, 2.45) is 5.41 Å². The number of nitriles is 1. The third-order valence-electron chi connectivity index (χ3n) is 3.90. The van der Waals surface area contributed by atoms with Crippen LogP contribution in [0.4, 0.5) is 0 Å². The molecule has 3 rings (SSSR count). The number of hydrogen-bond acceptors (Lipinski definition) is 5. The fraction of sp³-hybridized carbons (Fsp3) is 0.438. The van der Waals surface area contributed by atoms with E-state index in [1.54, 1.807) is 0 Å². The van der Waals surface area contributed by atoms with Gasteiger partial charge in [-0.3, -0.25) is 4.90 Å². The molecule has 0 aliphatic carbocycles. The van der Waals surface area contributed by atoms with Gasteiger partial charge < -0.3 is 4.52 Å². The minimum atomic E-state index is -0.260. The van der Waals surface area contributed by atoms with Crippen LogP contribution in [0.3, 0.4) is 0 Å². The van der Waals surface area contributed by atoms with E-state index in [1.165, 1.54) is 0 Å². The monoisotopic (exact) mass is 282 g/mol. The smallest absolute Gasteiger partial charge is 0.257 e. The van der Waals surface area contributed by atoms with Gasteiger partial charge in [0.05, 0.1) is 18.0 Å². The van der Waals surface area contributed by atoms with Gasteiger partial charge in [0.1, 0.15) is 0 Å². The average molecular weight is 282 g/mol. The fourth-order valence-electron chi connectivity index (χ4n) is 2.79. The highest BCUT2D eigenvalue weighted by Crippen LogP contribution is 2.29. The minimum Gasteiger partial charge on any atom is -0.334 e. The Bertz CT molecular complexity index is 646. The molecule has 0 bridgehead atoms. The molecule has 1 aliphatic heterocycles. The van der Waals surface area contributed by atoms with E-state index in [9.17, 15) is 5.26 Å². The maximum atomic E-state index is 9.26. The zero-order valence-corrected chi connectivity index (χ0v) is 12.1. The molecule has 1 aromatic carbocycles. The highest BCUT2D eigenvalue weighted by Gasteiger charge is 2.31. The number of hydrogen-bond donors (Lipinski definition) is 0. The van der Waals surface area contributed by atoms with E-state index in [0.717, 1.165) is 31.5 Å². The molecule has 5 heteroatoms. The number of rotatable bonds is 3. The highest BCUT2D eigenvalue weighted by molar-refractivity contribution is 5.51. The molecule has 1 saturated heterocycles. The molecule has 0 N–H and O–H groups in total. The molecule has 2 aromatic rings. The zero-order valence-electron chi connectivity index (χ0n) is 12.1. The Hall–Kier alpha value is -2.19. The molecule has 0 spiro atoms. The summed E-state index contributed by atoms with van der Waals surface area (Å²) < 4.78 is 5.32. The SMILES string of the molecule is CC1(C#N)CCCN(Cc2noc(-c3ccccc3)n2)C1. The van der Waals surface area contributed by atoms with E-state index in [-0.39, 0.29) is 5.41 Å². The molecule has 1 aromatic heterocycles. The fourth-order valence-corrected chi connectivity index (χ4v) is 2.79. The molecular weight excluding hydrogens is 264 g/mol. The van der Waals surface area contributed by atoms with Crippen molar-refractivity contribution in [3.8, 4) is 17.5 Å². The number of nitrogens with zero attached hydrogens (tertiary/aromatic N) is 4. The van der Waals surface area contributed by atoms with E-state index in [4.69, 9.17) is 4.52 Å². The van der Waals surface area contributed by atoms with E-state index in [1.807, 2.05) is 37.3 Å². The van der Waals surface area contributed by atoms with Crippen molar-refractivity contribution in [1.82, 2.24) is 15.0 Å². The summed E-state index contributed by atoms with van der Waals surface area (Å²) in [4.78, 5) is 6.67. The summed E-state index contributed by atoms with van der Waals surface area (Å²) in [7, 11) is 0. The van der Waals surface area contributed by atoms with Gasteiger partial charge in [0, 0.05) is 12.1 Å². The van der Waals surface area contributed by atoms with Crippen LogP contribution < -0.4 is 0 Å². The predicted molar refractivity (Wildman–Crippen MR) is 78.0 cm³/mol. The van der Waals surface area contributed by atoms with Crippen LogP contribution in [0.2, 0.25) is 0 Å². The molecule has 0 amide bonds. The van der Waals surface area contributed by atoms with Gasteiger partial charge in [0.2, 0.25) is 0 Å². The van der Waals surface area contributed by atoms with Crippen molar-refractivity contribution in [2.75, 3.05) is 13.1 Å². The number of aromatic nitrogens is 2. The maximum Gasteiger partial charge on any atom is 0.257 e. The molecule has 0 radical (unpaired) electrons. The zero-order chi connectivity index (χ0) is 14.7. The molecule has 1 unspecified atom stereocenters. The molecule has 1 atom stereocenters. The second-order valence-corrected chi connectivity index (χ2v) is 5.87. The normalized spacial score (nSPS) is 22.9. The standard InChI is InChI=1S/C16H18N4O/c1-16(11-17)8-5-9-20(12-16)10-14-18-15(21-19-14)13-6-3-2-4-7-13/h2-4,6-7H,5,8-10,12H2,1H3. The van der Waals surface area contributed by atoms with E-state index in [0.29, 0.717) is 18.3 Å². The third kappa shape index (κ3) is 3.11. The quantitative estimate of drug-likeness (QED) is 0.866. The van der Waals surface area contributed by atoms with Crippen molar-refractivity contribution < 1.29 is 4.52 Å². The van der Waals surface area contributed by atoms with Gasteiger partial charge in [-0.05, 0) is 38.4 Å². The first kappa shape index (κ1) is 13.8. The van der Waals surface area contributed by atoms with Gasteiger partial charge in [-0.25, -0.2) is 0 Å².